The molecule has 0 fully saturated rings. The molecule has 0 saturated carbocycles. The van der Waals surface area contributed by atoms with E-state index in [2.05, 4.69) is 26.1 Å². The van der Waals surface area contributed by atoms with E-state index in [1.165, 1.54) is 0 Å². The van der Waals surface area contributed by atoms with Gasteiger partial charge < -0.3 is 10.2 Å². The molecule has 1 unspecified atom stereocenters. The number of aryl methyl sites for hydroxylation is 1. The fourth-order valence-electron chi connectivity index (χ4n) is 1.33. The molecule has 1 heterocycles. The molecule has 5 heteroatoms. The second-order valence-corrected chi connectivity index (χ2v) is 4.57. The van der Waals surface area contributed by atoms with Gasteiger partial charge in [-0.1, -0.05) is 11.6 Å². The Bertz CT molecular complexity index is 508. The summed E-state index contributed by atoms with van der Waals surface area (Å²) in [6.07, 6.45) is 0. The van der Waals surface area contributed by atoms with Crippen LogP contribution in [0.4, 0.5) is 0 Å². The maximum Gasteiger partial charge on any atom is 0.248 e. The molecule has 84 valence electrons. The molecule has 1 aromatic carbocycles. The average Bonchev–Trinajstić information content (AvgIpc) is 2.70. The van der Waals surface area contributed by atoms with Gasteiger partial charge in [-0.2, -0.15) is 0 Å². The summed E-state index contributed by atoms with van der Waals surface area (Å²) in [5.74, 6) is 0.936. The zero-order valence-corrected chi connectivity index (χ0v) is 10.7. The summed E-state index contributed by atoms with van der Waals surface area (Å²) in [5, 5.41) is 7.88. The Labute approximate surface area is 102 Å². The van der Waals surface area contributed by atoms with Crippen LogP contribution in [-0.2, 0) is 0 Å². The van der Waals surface area contributed by atoms with Crippen LogP contribution in [0, 0.1) is 6.92 Å². The summed E-state index contributed by atoms with van der Waals surface area (Å²) in [7, 11) is 0. The zero-order chi connectivity index (χ0) is 11.7. The molecule has 0 spiro atoms. The van der Waals surface area contributed by atoms with Crippen LogP contribution in [0.5, 0.6) is 0 Å². The summed E-state index contributed by atoms with van der Waals surface area (Å²) < 4.78 is 6.42. The molecule has 0 radical (unpaired) electrons. The Morgan fingerprint density at radius 1 is 1.38 bits per heavy atom. The Morgan fingerprint density at radius 3 is 2.75 bits per heavy atom. The predicted octanol–water partition coefficient (Wildman–Crippen LogP) is 2.83. The van der Waals surface area contributed by atoms with E-state index in [1.807, 2.05) is 32.0 Å². The van der Waals surface area contributed by atoms with Gasteiger partial charge in [-0.05, 0) is 41.9 Å². The van der Waals surface area contributed by atoms with Gasteiger partial charge in [0.1, 0.15) is 0 Å². The largest absolute Gasteiger partial charge is 0.419 e. The van der Waals surface area contributed by atoms with E-state index in [9.17, 15) is 0 Å². The maximum atomic E-state index is 5.67. The molecule has 0 aliphatic rings. The molecule has 1 aromatic heterocycles. The smallest absolute Gasteiger partial charge is 0.248 e. The van der Waals surface area contributed by atoms with E-state index < -0.39 is 0 Å². The number of hydrogen-bond donors (Lipinski definition) is 1. The van der Waals surface area contributed by atoms with Crippen LogP contribution in [0.2, 0.25) is 0 Å². The summed E-state index contributed by atoms with van der Waals surface area (Å²) in [6.45, 7) is 3.82. The molecule has 0 aliphatic carbocycles. The molecule has 16 heavy (non-hydrogen) atoms. The minimum absolute atomic E-state index is 0.246. The van der Waals surface area contributed by atoms with Crippen molar-refractivity contribution in [3.05, 3.63) is 34.1 Å². The van der Waals surface area contributed by atoms with Gasteiger partial charge in [0.05, 0.1) is 11.6 Å². The first kappa shape index (κ1) is 11.3. The van der Waals surface area contributed by atoms with Crippen molar-refractivity contribution in [3.63, 3.8) is 0 Å². The highest BCUT2D eigenvalue weighted by molar-refractivity contribution is 9.10. The van der Waals surface area contributed by atoms with Gasteiger partial charge in [0, 0.05) is 4.47 Å². The molecular weight excluding hydrogens is 270 g/mol. The normalized spacial score (nSPS) is 12.8. The van der Waals surface area contributed by atoms with Crippen molar-refractivity contribution in [2.45, 2.75) is 19.9 Å². The van der Waals surface area contributed by atoms with Crippen molar-refractivity contribution >= 4 is 15.9 Å². The van der Waals surface area contributed by atoms with Crippen molar-refractivity contribution < 1.29 is 4.42 Å². The molecule has 2 aromatic rings. The number of benzene rings is 1. The number of hydrogen-bond acceptors (Lipinski definition) is 4. The first-order valence-corrected chi connectivity index (χ1v) is 5.72. The Hall–Kier alpha value is -1.20. The van der Waals surface area contributed by atoms with Gasteiger partial charge in [-0.25, -0.2) is 0 Å². The van der Waals surface area contributed by atoms with Crippen LogP contribution in [0.1, 0.15) is 24.4 Å². The second kappa shape index (κ2) is 4.35. The molecule has 0 saturated heterocycles. The van der Waals surface area contributed by atoms with E-state index in [4.69, 9.17) is 10.2 Å². The quantitative estimate of drug-likeness (QED) is 0.919. The van der Waals surface area contributed by atoms with E-state index in [0.29, 0.717) is 11.8 Å². The lowest BCUT2D eigenvalue weighted by atomic mass is 10.1. The van der Waals surface area contributed by atoms with Gasteiger partial charge >= 0.3 is 0 Å². The second-order valence-electron chi connectivity index (χ2n) is 3.72. The number of rotatable bonds is 2. The average molecular weight is 282 g/mol. The first-order valence-electron chi connectivity index (χ1n) is 4.93. The highest BCUT2D eigenvalue weighted by Crippen LogP contribution is 2.28. The molecule has 2 rings (SSSR count). The van der Waals surface area contributed by atoms with Crippen LogP contribution in [-0.4, -0.2) is 10.2 Å². The maximum absolute atomic E-state index is 5.67. The van der Waals surface area contributed by atoms with Crippen LogP contribution in [0.25, 0.3) is 11.5 Å². The lowest BCUT2D eigenvalue weighted by Crippen LogP contribution is -2.04. The summed E-state index contributed by atoms with van der Waals surface area (Å²) >= 11 is 3.45. The van der Waals surface area contributed by atoms with Crippen molar-refractivity contribution in [1.29, 1.82) is 0 Å². The fraction of sp³-hybridized carbons (Fsp3) is 0.273. The van der Waals surface area contributed by atoms with Crippen LogP contribution >= 0.6 is 15.9 Å². The molecule has 0 aliphatic heterocycles. The number of halogens is 1. The van der Waals surface area contributed by atoms with Gasteiger partial charge in [-0.15, -0.1) is 10.2 Å². The summed E-state index contributed by atoms with van der Waals surface area (Å²) in [5.41, 5.74) is 7.69. The highest BCUT2D eigenvalue weighted by Gasteiger charge is 2.13. The van der Waals surface area contributed by atoms with Crippen molar-refractivity contribution in [3.8, 4) is 11.5 Å². The Kier molecular flexibility index (Phi) is 3.07. The number of nitrogens with zero attached hydrogens (tertiary/aromatic N) is 2. The Balaban J connectivity index is 2.46. The molecule has 2 N–H and O–H groups in total. The van der Waals surface area contributed by atoms with Crippen LogP contribution in [0.3, 0.4) is 0 Å². The predicted molar refractivity (Wildman–Crippen MR) is 64.8 cm³/mol. The third-order valence-corrected chi connectivity index (χ3v) is 2.87. The molecule has 0 amide bonds. The van der Waals surface area contributed by atoms with Gasteiger partial charge in [0.25, 0.3) is 0 Å². The SMILES string of the molecule is Cc1ccc(Br)c(-c2nnc(C(C)N)o2)c1. The summed E-state index contributed by atoms with van der Waals surface area (Å²) in [4.78, 5) is 0. The molecule has 0 bridgehead atoms. The monoisotopic (exact) mass is 281 g/mol. The van der Waals surface area contributed by atoms with Crippen LogP contribution < -0.4 is 5.73 Å². The van der Waals surface area contributed by atoms with Crippen molar-refractivity contribution in [1.82, 2.24) is 10.2 Å². The number of nitrogens with two attached hydrogens (primary N) is 1. The van der Waals surface area contributed by atoms with E-state index >= 15 is 0 Å². The third kappa shape index (κ3) is 2.15. The van der Waals surface area contributed by atoms with E-state index in [1.54, 1.807) is 0 Å². The minimum atomic E-state index is -0.246. The zero-order valence-electron chi connectivity index (χ0n) is 9.07. The standard InChI is InChI=1S/C11H12BrN3O/c1-6-3-4-9(12)8(5-6)11-15-14-10(16-11)7(2)13/h3-5,7H,13H2,1-2H3. The highest BCUT2D eigenvalue weighted by atomic mass is 79.9. The Morgan fingerprint density at radius 2 is 2.12 bits per heavy atom. The van der Waals surface area contributed by atoms with Crippen molar-refractivity contribution in [2.24, 2.45) is 5.73 Å². The fourth-order valence-corrected chi connectivity index (χ4v) is 1.75. The lowest BCUT2D eigenvalue weighted by Gasteiger charge is -2.01. The van der Waals surface area contributed by atoms with E-state index in [-0.39, 0.29) is 6.04 Å². The lowest BCUT2D eigenvalue weighted by molar-refractivity contribution is 0.473. The number of aromatic nitrogens is 2. The molecule has 1 atom stereocenters. The molecule has 4 nitrogen and oxygen atoms in total. The van der Waals surface area contributed by atoms with Gasteiger partial charge in [0.2, 0.25) is 11.8 Å². The first-order chi connectivity index (χ1) is 7.58. The topological polar surface area (TPSA) is 64.9 Å². The third-order valence-electron chi connectivity index (χ3n) is 2.18. The van der Waals surface area contributed by atoms with Gasteiger partial charge in [-0.3, -0.25) is 0 Å². The minimum Gasteiger partial charge on any atom is -0.419 e. The van der Waals surface area contributed by atoms with E-state index in [0.717, 1.165) is 15.6 Å². The summed E-state index contributed by atoms with van der Waals surface area (Å²) in [6, 6.07) is 5.71. The molecular formula is C11H12BrN3O. The van der Waals surface area contributed by atoms with Crippen molar-refractivity contribution in [2.75, 3.05) is 0 Å². The van der Waals surface area contributed by atoms with Crippen LogP contribution in [0.15, 0.2) is 27.1 Å². The van der Waals surface area contributed by atoms with Gasteiger partial charge in [0.15, 0.2) is 0 Å².